The van der Waals surface area contributed by atoms with E-state index in [-0.39, 0.29) is 42.4 Å². The standard InChI is InChI=1S/C16H30O4/c1-10(2)13(20-15(18)12(5)6)16(7,8)9-19-14(17)11(3)4/h10-13H,9H2,1-8H3/t13-/m1/s1. The van der Waals surface area contributed by atoms with Crippen LogP contribution in [0.1, 0.15) is 55.4 Å². The lowest BCUT2D eigenvalue weighted by molar-refractivity contribution is -0.169. The lowest BCUT2D eigenvalue weighted by atomic mass is 9.81. The van der Waals surface area contributed by atoms with Crippen LogP contribution < -0.4 is 0 Å². The van der Waals surface area contributed by atoms with Crippen LogP contribution >= 0.6 is 0 Å². The van der Waals surface area contributed by atoms with Gasteiger partial charge >= 0.3 is 11.9 Å². The van der Waals surface area contributed by atoms with Crippen LogP contribution in [0.3, 0.4) is 0 Å². The Morgan fingerprint density at radius 3 is 1.70 bits per heavy atom. The van der Waals surface area contributed by atoms with Gasteiger partial charge in [-0.25, -0.2) is 0 Å². The Hall–Kier alpha value is -1.06. The normalized spacial score (nSPS) is 13.8. The van der Waals surface area contributed by atoms with E-state index in [0.29, 0.717) is 0 Å². The maximum absolute atomic E-state index is 11.8. The predicted molar refractivity (Wildman–Crippen MR) is 79.1 cm³/mol. The van der Waals surface area contributed by atoms with Gasteiger partial charge in [-0.2, -0.15) is 0 Å². The molecule has 4 nitrogen and oxygen atoms in total. The molecule has 0 N–H and O–H groups in total. The molecule has 1 atom stereocenters. The highest BCUT2D eigenvalue weighted by Crippen LogP contribution is 2.30. The summed E-state index contributed by atoms with van der Waals surface area (Å²) in [5, 5.41) is 0. The summed E-state index contributed by atoms with van der Waals surface area (Å²) in [5.74, 6) is -0.597. The Morgan fingerprint density at radius 1 is 0.900 bits per heavy atom. The molecule has 0 aromatic rings. The van der Waals surface area contributed by atoms with E-state index in [1.165, 1.54) is 0 Å². The molecule has 0 aromatic carbocycles. The van der Waals surface area contributed by atoms with Crippen molar-refractivity contribution in [1.29, 1.82) is 0 Å². The Kier molecular flexibility index (Phi) is 7.25. The van der Waals surface area contributed by atoms with Gasteiger partial charge in [0.2, 0.25) is 0 Å². The van der Waals surface area contributed by atoms with Crippen molar-refractivity contribution in [3.05, 3.63) is 0 Å². The first-order chi connectivity index (χ1) is 8.99. The molecule has 0 radical (unpaired) electrons. The minimum absolute atomic E-state index is 0.151. The topological polar surface area (TPSA) is 52.6 Å². The van der Waals surface area contributed by atoms with Crippen LogP contribution in [0.2, 0.25) is 0 Å². The average Bonchev–Trinajstić information content (AvgIpc) is 2.31. The maximum Gasteiger partial charge on any atom is 0.308 e. The van der Waals surface area contributed by atoms with Gasteiger partial charge < -0.3 is 9.47 Å². The van der Waals surface area contributed by atoms with Crippen LogP contribution in [-0.2, 0) is 19.1 Å². The largest absolute Gasteiger partial charge is 0.465 e. The molecule has 0 aliphatic heterocycles. The number of rotatable bonds is 7. The summed E-state index contributed by atoms with van der Waals surface area (Å²) < 4.78 is 10.9. The summed E-state index contributed by atoms with van der Waals surface area (Å²) in [7, 11) is 0. The first-order valence-corrected chi connectivity index (χ1v) is 7.36. The van der Waals surface area contributed by atoms with Gasteiger partial charge in [-0.3, -0.25) is 9.59 Å². The molecule has 0 heterocycles. The number of esters is 2. The summed E-state index contributed by atoms with van der Waals surface area (Å²) in [6, 6.07) is 0. The van der Waals surface area contributed by atoms with Crippen LogP contribution in [-0.4, -0.2) is 24.6 Å². The molecule has 0 aliphatic rings. The second-order valence-electron chi connectivity index (χ2n) is 7.01. The van der Waals surface area contributed by atoms with E-state index in [0.717, 1.165) is 0 Å². The quantitative estimate of drug-likeness (QED) is 0.673. The lowest BCUT2D eigenvalue weighted by Crippen LogP contribution is -2.42. The van der Waals surface area contributed by atoms with Crippen molar-refractivity contribution in [2.24, 2.45) is 23.2 Å². The predicted octanol–water partition coefficient (Wildman–Crippen LogP) is 3.44. The van der Waals surface area contributed by atoms with Crippen molar-refractivity contribution >= 4 is 11.9 Å². The fraction of sp³-hybridized carbons (Fsp3) is 0.875. The van der Waals surface area contributed by atoms with Crippen molar-refractivity contribution in [2.75, 3.05) is 6.61 Å². The number of carbonyl (C=O) groups excluding carboxylic acids is 2. The summed E-state index contributed by atoms with van der Waals surface area (Å²) in [6.45, 7) is 15.4. The zero-order valence-corrected chi connectivity index (χ0v) is 14.1. The molecule has 0 unspecified atom stereocenters. The first-order valence-electron chi connectivity index (χ1n) is 7.36. The minimum Gasteiger partial charge on any atom is -0.465 e. The third-order valence-electron chi connectivity index (χ3n) is 3.15. The third-order valence-corrected chi connectivity index (χ3v) is 3.15. The first kappa shape index (κ1) is 18.9. The second kappa shape index (κ2) is 7.65. The molecule has 0 fully saturated rings. The van der Waals surface area contributed by atoms with E-state index in [1.54, 1.807) is 13.8 Å². The van der Waals surface area contributed by atoms with E-state index >= 15 is 0 Å². The van der Waals surface area contributed by atoms with Gasteiger partial charge in [0.25, 0.3) is 0 Å². The van der Waals surface area contributed by atoms with Crippen molar-refractivity contribution in [2.45, 2.75) is 61.5 Å². The molecule has 0 spiro atoms. The van der Waals surface area contributed by atoms with Gasteiger partial charge in [0.15, 0.2) is 0 Å². The zero-order valence-electron chi connectivity index (χ0n) is 14.1. The lowest BCUT2D eigenvalue weighted by Gasteiger charge is -2.36. The van der Waals surface area contributed by atoms with E-state index in [4.69, 9.17) is 9.47 Å². The molecular formula is C16H30O4. The molecule has 20 heavy (non-hydrogen) atoms. The summed E-state index contributed by atoms with van der Waals surface area (Å²) in [4.78, 5) is 23.4. The van der Waals surface area contributed by atoms with E-state index < -0.39 is 5.41 Å². The Morgan fingerprint density at radius 2 is 1.35 bits per heavy atom. The van der Waals surface area contributed by atoms with Gasteiger partial charge in [-0.05, 0) is 5.92 Å². The van der Waals surface area contributed by atoms with Crippen molar-refractivity contribution in [1.82, 2.24) is 0 Å². The van der Waals surface area contributed by atoms with Crippen molar-refractivity contribution < 1.29 is 19.1 Å². The van der Waals surface area contributed by atoms with Gasteiger partial charge in [0.05, 0.1) is 18.4 Å². The molecule has 0 amide bonds. The average molecular weight is 286 g/mol. The number of carbonyl (C=O) groups is 2. The molecular weight excluding hydrogens is 256 g/mol. The Balaban J connectivity index is 4.79. The molecule has 0 aromatic heterocycles. The van der Waals surface area contributed by atoms with Crippen LogP contribution in [0.15, 0.2) is 0 Å². The SMILES string of the molecule is CC(C)C(=O)OCC(C)(C)[C@H](OC(=O)C(C)C)C(C)C. The van der Waals surface area contributed by atoms with Crippen LogP contribution in [0.4, 0.5) is 0 Å². The summed E-state index contributed by atoms with van der Waals surface area (Å²) >= 11 is 0. The monoisotopic (exact) mass is 286 g/mol. The van der Waals surface area contributed by atoms with E-state index in [9.17, 15) is 9.59 Å². The third kappa shape index (κ3) is 5.93. The zero-order chi connectivity index (χ0) is 16.1. The van der Waals surface area contributed by atoms with Crippen LogP contribution in [0, 0.1) is 23.2 Å². The molecule has 0 saturated heterocycles. The van der Waals surface area contributed by atoms with Gasteiger partial charge in [0.1, 0.15) is 6.10 Å². The minimum atomic E-state index is -0.413. The second-order valence-corrected chi connectivity index (χ2v) is 7.01. The summed E-state index contributed by atoms with van der Waals surface area (Å²) in [6.07, 6.45) is -0.280. The molecule has 118 valence electrons. The highest BCUT2D eigenvalue weighted by atomic mass is 16.6. The Labute approximate surface area is 123 Å². The maximum atomic E-state index is 11.8. The fourth-order valence-corrected chi connectivity index (χ4v) is 1.97. The number of hydrogen-bond donors (Lipinski definition) is 0. The Bertz CT molecular complexity index is 329. The van der Waals surface area contributed by atoms with Crippen molar-refractivity contribution in [3.63, 3.8) is 0 Å². The molecule has 0 bridgehead atoms. The van der Waals surface area contributed by atoms with Gasteiger partial charge in [0, 0.05) is 5.41 Å². The van der Waals surface area contributed by atoms with Gasteiger partial charge in [-0.1, -0.05) is 55.4 Å². The van der Waals surface area contributed by atoms with E-state index in [2.05, 4.69) is 0 Å². The molecule has 0 rings (SSSR count). The number of ether oxygens (including phenoxy) is 2. The van der Waals surface area contributed by atoms with Crippen molar-refractivity contribution in [3.8, 4) is 0 Å². The molecule has 0 aliphatic carbocycles. The fourth-order valence-electron chi connectivity index (χ4n) is 1.97. The molecule has 4 heteroatoms. The van der Waals surface area contributed by atoms with E-state index in [1.807, 2.05) is 41.5 Å². The van der Waals surface area contributed by atoms with Gasteiger partial charge in [-0.15, -0.1) is 0 Å². The number of hydrogen-bond acceptors (Lipinski definition) is 4. The van der Waals surface area contributed by atoms with Crippen LogP contribution in [0.5, 0.6) is 0 Å². The summed E-state index contributed by atoms with van der Waals surface area (Å²) in [5.41, 5.74) is -0.413. The highest BCUT2D eigenvalue weighted by Gasteiger charge is 2.37. The highest BCUT2D eigenvalue weighted by molar-refractivity contribution is 5.72. The molecule has 0 saturated carbocycles. The smallest absolute Gasteiger partial charge is 0.308 e. The van der Waals surface area contributed by atoms with Crippen LogP contribution in [0.25, 0.3) is 0 Å².